The standard InChI is InChI=1S/C12H14ClFN4/c1-2-15-6-12-16-8-17-18(12)7-9-5-10(14)3-4-11(9)13/h3-5,8,15H,2,6-7H2,1H3. The Bertz CT molecular complexity index is 527. The Kier molecular flexibility index (Phi) is 4.28. The highest BCUT2D eigenvalue weighted by atomic mass is 35.5. The van der Waals surface area contributed by atoms with Crippen LogP contribution < -0.4 is 5.32 Å². The zero-order chi connectivity index (χ0) is 13.0. The monoisotopic (exact) mass is 268 g/mol. The van der Waals surface area contributed by atoms with Crippen LogP contribution in [0.1, 0.15) is 18.3 Å². The third kappa shape index (κ3) is 3.05. The van der Waals surface area contributed by atoms with Gasteiger partial charge in [-0.05, 0) is 30.3 Å². The van der Waals surface area contributed by atoms with E-state index in [9.17, 15) is 4.39 Å². The largest absolute Gasteiger partial charge is 0.310 e. The molecule has 1 aromatic carbocycles. The van der Waals surface area contributed by atoms with Gasteiger partial charge in [-0.1, -0.05) is 18.5 Å². The number of rotatable bonds is 5. The van der Waals surface area contributed by atoms with Crippen LogP contribution in [-0.4, -0.2) is 21.3 Å². The van der Waals surface area contributed by atoms with E-state index >= 15 is 0 Å². The fourth-order valence-corrected chi connectivity index (χ4v) is 1.80. The predicted molar refractivity (Wildman–Crippen MR) is 67.9 cm³/mol. The highest BCUT2D eigenvalue weighted by Gasteiger charge is 2.08. The normalized spacial score (nSPS) is 10.8. The smallest absolute Gasteiger partial charge is 0.141 e. The molecule has 4 nitrogen and oxygen atoms in total. The molecule has 96 valence electrons. The SMILES string of the molecule is CCNCc1ncnn1Cc1cc(F)ccc1Cl. The van der Waals surface area contributed by atoms with Crippen molar-refractivity contribution in [3.05, 3.63) is 46.8 Å². The summed E-state index contributed by atoms with van der Waals surface area (Å²) in [6.45, 7) is 3.92. The molecule has 0 aliphatic rings. The number of benzene rings is 1. The molecule has 1 N–H and O–H groups in total. The van der Waals surface area contributed by atoms with Crippen LogP contribution in [0.5, 0.6) is 0 Å². The van der Waals surface area contributed by atoms with Gasteiger partial charge < -0.3 is 5.32 Å². The summed E-state index contributed by atoms with van der Waals surface area (Å²) < 4.78 is 14.9. The molecule has 6 heteroatoms. The maximum absolute atomic E-state index is 13.2. The summed E-state index contributed by atoms with van der Waals surface area (Å²) in [4.78, 5) is 4.15. The van der Waals surface area contributed by atoms with E-state index in [1.807, 2.05) is 6.92 Å². The van der Waals surface area contributed by atoms with Gasteiger partial charge in [-0.25, -0.2) is 14.1 Å². The number of nitrogens with zero attached hydrogens (tertiary/aromatic N) is 3. The second-order valence-electron chi connectivity index (χ2n) is 3.85. The summed E-state index contributed by atoms with van der Waals surface area (Å²) in [5.41, 5.74) is 0.694. The van der Waals surface area contributed by atoms with Crippen molar-refractivity contribution in [2.75, 3.05) is 6.54 Å². The highest BCUT2D eigenvalue weighted by molar-refractivity contribution is 6.31. The van der Waals surface area contributed by atoms with E-state index in [0.717, 1.165) is 12.4 Å². The van der Waals surface area contributed by atoms with Crippen LogP contribution in [0.25, 0.3) is 0 Å². The Morgan fingerprint density at radius 1 is 1.44 bits per heavy atom. The molecule has 2 aromatic rings. The Morgan fingerprint density at radius 3 is 3.06 bits per heavy atom. The first-order valence-electron chi connectivity index (χ1n) is 5.72. The van der Waals surface area contributed by atoms with Crippen LogP contribution in [-0.2, 0) is 13.1 Å². The Balaban J connectivity index is 2.18. The zero-order valence-corrected chi connectivity index (χ0v) is 10.8. The van der Waals surface area contributed by atoms with Gasteiger partial charge in [-0.2, -0.15) is 5.10 Å². The van der Waals surface area contributed by atoms with Crippen LogP contribution >= 0.6 is 11.6 Å². The maximum atomic E-state index is 13.2. The molecule has 1 heterocycles. The van der Waals surface area contributed by atoms with Gasteiger partial charge in [0.1, 0.15) is 18.0 Å². The fourth-order valence-electron chi connectivity index (χ4n) is 1.62. The third-order valence-electron chi connectivity index (χ3n) is 2.56. The van der Waals surface area contributed by atoms with E-state index in [1.54, 1.807) is 10.7 Å². The molecule has 18 heavy (non-hydrogen) atoms. The molecule has 0 aliphatic carbocycles. The number of hydrogen-bond donors (Lipinski definition) is 1. The Morgan fingerprint density at radius 2 is 2.28 bits per heavy atom. The van der Waals surface area contributed by atoms with Gasteiger partial charge in [0.25, 0.3) is 0 Å². The molecule has 0 radical (unpaired) electrons. The van der Waals surface area contributed by atoms with Crippen molar-refractivity contribution in [3.8, 4) is 0 Å². The van der Waals surface area contributed by atoms with Crippen LogP contribution in [0, 0.1) is 5.82 Å². The second-order valence-corrected chi connectivity index (χ2v) is 4.26. The van der Waals surface area contributed by atoms with Gasteiger partial charge in [0.2, 0.25) is 0 Å². The lowest BCUT2D eigenvalue weighted by Gasteiger charge is -2.08. The first-order valence-corrected chi connectivity index (χ1v) is 6.10. The summed E-state index contributed by atoms with van der Waals surface area (Å²) in [6.07, 6.45) is 1.49. The number of halogens is 2. The quantitative estimate of drug-likeness (QED) is 0.904. The average Bonchev–Trinajstić information content (AvgIpc) is 2.79. The molecule has 0 spiro atoms. The molecule has 0 bridgehead atoms. The average molecular weight is 269 g/mol. The minimum Gasteiger partial charge on any atom is -0.310 e. The molecule has 0 amide bonds. The molecular weight excluding hydrogens is 255 g/mol. The summed E-state index contributed by atoms with van der Waals surface area (Å²) in [5.74, 6) is 0.500. The molecular formula is C12H14ClFN4. The van der Waals surface area contributed by atoms with Crippen molar-refractivity contribution in [1.82, 2.24) is 20.1 Å². The van der Waals surface area contributed by atoms with E-state index in [4.69, 9.17) is 11.6 Å². The zero-order valence-electron chi connectivity index (χ0n) is 10.0. The Labute approximate surface area is 110 Å². The van der Waals surface area contributed by atoms with E-state index in [2.05, 4.69) is 15.4 Å². The minimum atomic E-state index is -0.303. The van der Waals surface area contributed by atoms with E-state index < -0.39 is 0 Å². The van der Waals surface area contributed by atoms with Gasteiger partial charge >= 0.3 is 0 Å². The summed E-state index contributed by atoms with van der Waals surface area (Å²) >= 11 is 6.03. The van der Waals surface area contributed by atoms with Crippen LogP contribution in [0.15, 0.2) is 24.5 Å². The second kappa shape index (κ2) is 5.93. The van der Waals surface area contributed by atoms with Crippen molar-refractivity contribution in [2.45, 2.75) is 20.0 Å². The topological polar surface area (TPSA) is 42.7 Å². The van der Waals surface area contributed by atoms with Gasteiger partial charge in [-0.15, -0.1) is 0 Å². The van der Waals surface area contributed by atoms with Gasteiger partial charge in [0, 0.05) is 5.02 Å². The molecule has 0 unspecified atom stereocenters. The van der Waals surface area contributed by atoms with Gasteiger partial charge in [-0.3, -0.25) is 0 Å². The van der Waals surface area contributed by atoms with Gasteiger partial charge in [0.15, 0.2) is 0 Å². The molecule has 0 aliphatic heterocycles. The van der Waals surface area contributed by atoms with Crippen molar-refractivity contribution >= 4 is 11.6 Å². The van der Waals surface area contributed by atoms with Crippen molar-refractivity contribution in [1.29, 1.82) is 0 Å². The lowest BCUT2D eigenvalue weighted by molar-refractivity contribution is 0.588. The molecule has 0 saturated heterocycles. The fraction of sp³-hybridized carbons (Fsp3) is 0.333. The molecule has 0 atom stereocenters. The molecule has 2 rings (SSSR count). The Hall–Kier alpha value is -1.46. The predicted octanol–water partition coefficient (Wildman–Crippen LogP) is 2.23. The lowest BCUT2D eigenvalue weighted by Crippen LogP contribution is -2.17. The molecule has 0 saturated carbocycles. The number of nitrogens with one attached hydrogen (secondary N) is 1. The molecule has 0 fully saturated rings. The highest BCUT2D eigenvalue weighted by Crippen LogP contribution is 2.18. The number of aromatic nitrogens is 3. The third-order valence-corrected chi connectivity index (χ3v) is 2.93. The van der Waals surface area contributed by atoms with E-state index in [1.165, 1.54) is 18.5 Å². The number of hydrogen-bond acceptors (Lipinski definition) is 3. The van der Waals surface area contributed by atoms with Crippen LogP contribution in [0.2, 0.25) is 5.02 Å². The van der Waals surface area contributed by atoms with Crippen molar-refractivity contribution in [2.24, 2.45) is 0 Å². The molecule has 1 aromatic heterocycles. The maximum Gasteiger partial charge on any atom is 0.141 e. The van der Waals surface area contributed by atoms with Gasteiger partial charge in [0.05, 0.1) is 13.1 Å². The van der Waals surface area contributed by atoms with Crippen LogP contribution in [0.3, 0.4) is 0 Å². The first kappa shape index (κ1) is 13.0. The summed E-state index contributed by atoms with van der Waals surface area (Å²) in [6, 6.07) is 4.31. The van der Waals surface area contributed by atoms with Crippen LogP contribution in [0.4, 0.5) is 4.39 Å². The lowest BCUT2D eigenvalue weighted by atomic mass is 10.2. The van der Waals surface area contributed by atoms with Crippen molar-refractivity contribution in [3.63, 3.8) is 0 Å². The van der Waals surface area contributed by atoms with E-state index in [0.29, 0.717) is 23.7 Å². The van der Waals surface area contributed by atoms with E-state index in [-0.39, 0.29) is 5.82 Å². The minimum absolute atomic E-state index is 0.303. The summed E-state index contributed by atoms with van der Waals surface area (Å²) in [7, 11) is 0. The van der Waals surface area contributed by atoms with Crippen molar-refractivity contribution < 1.29 is 4.39 Å². The first-order chi connectivity index (χ1) is 8.70. The summed E-state index contributed by atoms with van der Waals surface area (Å²) in [5, 5.41) is 7.82.